The molecule has 0 fully saturated rings. The van der Waals surface area contributed by atoms with Gasteiger partial charge in [-0.3, -0.25) is 4.79 Å². The molecule has 0 bridgehead atoms. The third kappa shape index (κ3) is 3.31. The first-order chi connectivity index (χ1) is 6.74. The number of hydrogen-bond acceptors (Lipinski definition) is 2. The number of halogens is 1. The van der Waals surface area contributed by atoms with Gasteiger partial charge in [-0.15, -0.1) is 0 Å². The van der Waals surface area contributed by atoms with Crippen LogP contribution in [-0.2, 0) is 0 Å². The lowest BCUT2D eigenvalue weighted by atomic mass is 10.2. The van der Waals surface area contributed by atoms with Gasteiger partial charge in [0.15, 0.2) is 5.78 Å². The van der Waals surface area contributed by atoms with Crippen molar-refractivity contribution in [3.8, 4) is 11.8 Å². The van der Waals surface area contributed by atoms with Crippen molar-refractivity contribution in [1.29, 1.82) is 0 Å². The molecule has 0 aliphatic carbocycles. The zero-order chi connectivity index (χ0) is 10.4. The summed E-state index contributed by atoms with van der Waals surface area (Å²) in [6.45, 7) is 1.50. The van der Waals surface area contributed by atoms with E-state index < -0.39 is 0 Å². The first kappa shape index (κ1) is 10.9. The smallest absolute Gasteiger partial charge is 0.178 e. The van der Waals surface area contributed by atoms with Crippen LogP contribution in [0.1, 0.15) is 29.5 Å². The van der Waals surface area contributed by atoms with Gasteiger partial charge in [-0.05, 0) is 18.1 Å². The topological polar surface area (TPSA) is 30.0 Å². The highest BCUT2D eigenvalue weighted by Gasteiger charge is 1.99. The lowest BCUT2D eigenvalue weighted by Gasteiger charge is -1.94. The molecule has 0 radical (unpaired) electrons. The first-order valence-corrected chi connectivity index (χ1v) is 5.39. The molecule has 0 aromatic carbocycles. The van der Waals surface area contributed by atoms with E-state index >= 15 is 0 Å². The van der Waals surface area contributed by atoms with E-state index in [-0.39, 0.29) is 5.78 Å². The van der Waals surface area contributed by atoms with Gasteiger partial charge in [-0.1, -0.05) is 27.9 Å². The number of hydrogen-bond donors (Lipinski definition) is 0. The molecule has 1 rings (SSSR count). The van der Waals surface area contributed by atoms with Crippen molar-refractivity contribution >= 4 is 21.7 Å². The summed E-state index contributed by atoms with van der Waals surface area (Å²) < 4.78 is 0. The van der Waals surface area contributed by atoms with E-state index in [9.17, 15) is 4.79 Å². The van der Waals surface area contributed by atoms with Crippen LogP contribution in [0.4, 0.5) is 0 Å². The molecule has 1 heterocycles. The van der Waals surface area contributed by atoms with Crippen LogP contribution in [-0.4, -0.2) is 16.1 Å². The molecule has 0 spiro atoms. The third-order valence-electron chi connectivity index (χ3n) is 1.55. The summed E-state index contributed by atoms with van der Waals surface area (Å²) in [6, 6.07) is 5.29. The number of carbonyl (C=O) groups excluding carboxylic acids is 1. The van der Waals surface area contributed by atoms with Gasteiger partial charge in [0.1, 0.15) is 11.4 Å². The number of rotatable bonds is 2. The fourth-order valence-corrected chi connectivity index (χ4v) is 1.10. The fraction of sp³-hybridized carbons (Fsp3) is 0.273. The molecule has 0 amide bonds. The Morgan fingerprint density at radius 1 is 1.57 bits per heavy atom. The second kappa shape index (κ2) is 5.56. The number of Topliss-reactive ketones (excluding diaryl/α,β-unsaturated/α-hetero) is 1. The predicted octanol–water partition coefficient (Wildman–Crippen LogP) is 2.42. The van der Waals surface area contributed by atoms with Crippen LogP contribution in [0.2, 0.25) is 0 Å². The van der Waals surface area contributed by atoms with Crippen molar-refractivity contribution < 1.29 is 4.79 Å². The van der Waals surface area contributed by atoms with E-state index in [0.29, 0.717) is 11.4 Å². The van der Waals surface area contributed by atoms with Gasteiger partial charge in [0, 0.05) is 18.7 Å². The zero-order valence-corrected chi connectivity index (χ0v) is 9.47. The Morgan fingerprint density at radius 2 is 2.36 bits per heavy atom. The van der Waals surface area contributed by atoms with Crippen molar-refractivity contribution in [1.82, 2.24) is 4.98 Å². The molecule has 3 heteroatoms. The monoisotopic (exact) mass is 251 g/mol. The maximum atomic E-state index is 11.0. The van der Waals surface area contributed by atoms with Crippen molar-refractivity contribution in [2.75, 3.05) is 5.33 Å². The van der Waals surface area contributed by atoms with E-state index in [1.54, 1.807) is 18.2 Å². The van der Waals surface area contributed by atoms with Crippen molar-refractivity contribution in [3.63, 3.8) is 0 Å². The van der Waals surface area contributed by atoms with Gasteiger partial charge in [-0.2, -0.15) is 0 Å². The standard InChI is InChI=1S/C11H10BrNO/c1-9(14)11-7-4-6-10(13-11)5-2-3-8-12/h4,6-7H,3,8H2,1H3. The lowest BCUT2D eigenvalue weighted by Crippen LogP contribution is -1.97. The zero-order valence-electron chi connectivity index (χ0n) is 7.88. The van der Waals surface area contributed by atoms with Crippen LogP contribution in [0.25, 0.3) is 0 Å². The Balaban J connectivity index is 2.85. The SMILES string of the molecule is CC(=O)c1cccc(C#CCCBr)n1. The highest BCUT2D eigenvalue weighted by atomic mass is 79.9. The predicted molar refractivity (Wildman–Crippen MR) is 59.5 cm³/mol. The number of aromatic nitrogens is 1. The molecule has 14 heavy (non-hydrogen) atoms. The van der Waals surface area contributed by atoms with Gasteiger partial charge in [0.05, 0.1) is 0 Å². The van der Waals surface area contributed by atoms with Gasteiger partial charge in [0.25, 0.3) is 0 Å². The van der Waals surface area contributed by atoms with Crippen LogP contribution >= 0.6 is 15.9 Å². The van der Waals surface area contributed by atoms with E-state index in [2.05, 4.69) is 32.8 Å². The Hall–Kier alpha value is -1.14. The number of alkyl halides is 1. The second-order valence-corrected chi connectivity index (χ2v) is 3.50. The van der Waals surface area contributed by atoms with Crippen molar-refractivity contribution in [2.24, 2.45) is 0 Å². The minimum Gasteiger partial charge on any atom is -0.293 e. The largest absolute Gasteiger partial charge is 0.293 e. The summed E-state index contributed by atoms with van der Waals surface area (Å²) in [4.78, 5) is 15.1. The van der Waals surface area contributed by atoms with E-state index in [4.69, 9.17) is 0 Å². The molecule has 0 unspecified atom stereocenters. The minimum absolute atomic E-state index is 0.0332. The maximum absolute atomic E-state index is 11.0. The van der Waals surface area contributed by atoms with E-state index in [1.807, 2.05) is 0 Å². The number of carbonyl (C=O) groups is 1. The van der Waals surface area contributed by atoms with E-state index in [1.165, 1.54) is 6.92 Å². The Kier molecular flexibility index (Phi) is 4.34. The fourth-order valence-electron chi connectivity index (χ4n) is 0.901. The Bertz CT molecular complexity index is 390. The average molecular weight is 252 g/mol. The van der Waals surface area contributed by atoms with Crippen LogP contribution in [0, 0.1) is 11.8 Å². The number of ketones is 1. The maximum Gasteiger partial charge on any atom is 0.178 e. The van der Waals surface area contributed by atoms with Crippen LogP contribution in [0.3, 0.4) is 0 Å². The molecule has 0 atom stereocenters. The average Bonchev–Trinajstić information content (AvgIpc) is 2.19. The summed E-state index contributed by atoms with van der Waals surface area (Å²) in [6.07, 6.45) is 0.784. The van der Waals surface area contributed by atoms with Crippen LogP contribution in [0.15, 0.2) is 18.2 Å². The summed E-state index contributed by atoms with van der Waals surface area (Å²) in [5, 5.41) is 0.854. The van der Waals surface area contributed by atoms with Gasteiger partial charge < -0.3 is 0 Å². The number of nitrogens with zero attached hydrogens (tertiary/aromatic N) is 1. The Morgan fingerprint density at radius 3 is 3.00 bits per heavy atom. The highest BCUT2D eigenvalue weighted by Crippen LogP contribution is 1.99. The van der Waals surface area contributed by atoms with Gasteiger partial charge >= 0.3 is 0 Å². The van der Waals surface area contributed by atoms with Crippen LogP contribution in [0.5, 0.6) is 0 Å². The quantitative estimate of drug-likeness (QED) is 0.459. The summed E-state index contributed by atoms with van der Waals surface area (Å²) in [7, 11) is 0. The molecular formula is C11H10BrNO. The van der Waals surface area contributed by atoms with Gasteiger partial charge in [0.2, 0.25) is 0 Å². The summed E-state index contributed by atoms with van der Waals surface area (Å²) in [5.74, 6) is 5.81. The summed E-state index contributed by atoms with van der Waals surface area (Å²) >= 11 is 3.28. The molecule has 0 aliphatic rings. The molecule has 0 aliphatic heterocycles. The Labute approximate surface area is 91.9 Å². The summed E-state index contributed by atoms with van der Waals surface area (Å²) in [5.41, 5.74) is 1.12. The lowest BCUT2D eigenvalue weighted by molar-refractivity contribution is 0.101. The molecule has 72 valence electrons. The third-order valence-corrected chi connectivity index (χ3v) is 1.94. The molecule has 2 nitrogen and oxygen atoms in total. The molecule has 0 saturated heterocycles. The van der Waals surface area contributed by atoms with E-state index in [0.717, 1.165) is 11.8 Å². The molecular weight excluding hydrogens is 242 g/mol. The number of pyridine rings is 1. The molecule has 1 aromatic heterocycles. The first-order valence-electron chi connectivity index (χ1n) is 4.27. The van der Waals surface area contributed by atoms with Crippen molar-refractivity contribution in [2.45, 2.75) is 13.3 Å². The van der Waals surface area contributed by atoms with Gasteiger partial charge in [-0.25, -0.2) is 4.98 Å². The second-order valence-electron chi connectivity index (χ2n) is 2.71. The van der Waals surface area contributed by atoms with Crippen molar-refractivity contribution in [3.05, 3.63) is 29.6 Å². The molecule has 0 N–H and O–H groups in total. The molecule has 0 saturated carbocycles. The van der Waals surface area contributed by atoms with Crippen LogP contribution < -0.4 is 0 Å². The molecule has 1 aromatic rings. The highest BCUT2D eigenvalue weighted by molar-refractivity contribution is 9.09. The minimum atomic E-state index is -0.0332. The normalized spacial score (nSPS) is 9.00.